The van der Waals surface area contributed by atoms with Crippen LogP contribution >= 0.6 is 0 Å². The molecule has 26 heavy (non-hydrogen) atoms. The molecule has 0 fully saturated rings. The van der Waals surface area contributed by atoms with Crippen molar-refractivity contribution < 1.29 is 19.4 Å². The first kappa shape index (κ1) is 17.6. The summed E-state index contributed by atoms with van der Waals surface area (Å²) in [6.45, 7) is -0.308. The molecule has 0 aromatic heterocycles. The number of aliphatic hydroxyl groups is 1. The zero-order valence-electron chi connectivity index (χ0n) is 14.0. The summed E-state index contributed by atoms with van der Waals surface area (Å²) in [5.41, 5.74) is 2.28. The number of carbonyl (C=O) groups excluding carboxylic acids is 2. The monoisotopic (exact) mass is 346 g/mol. The van der Waals surface area contributed by atoms with Gasteiger partial charge in [-0.2, -0.15) is 0 Å². The summed E-state index contributed by atoms with van der Waals surface area (Å²) in [6.07, 6.45) is -0.763. The predicted molar refractivity (Wildman–Crippen MR) is 98.0 cm³/mol. The lowest BCUT2D eigenvalue weighted by atomic mass is 10.0. The summed E-state index contributed by atoms with van der Waals surface area (Å²) in [6, 6.07) is 24.4. The summed E-state index contributed by atoms with van der Waals surface area (Å²) < 4.78 is 5.08. The fraction of sp³-hybridized carbons (Fsp3) is 0.0909. The molecule has 3 aromatic rings. The van der Waals surface area contributed by atoms with Crippen molar-refractivity contribution in [2.45, 2.75) is 6.10 Å². The lowest BCUT2D eigenvalue weighted by Gasteiger charge is -2.12. The molecule has 0 unspecified atom stereocenters. The van der Waals surface area contributed by atoms with E-state index in [4.69, 9.17) is 4.74 Å². The number of esters is 1. The standard InChI is InChI=1S/C22H18O4/c23-20(16-7-3-1-4-8-16)15-26-22(25)19-13-11-18(12-14-19)21(24)17-9-5-2-6-10-17/h1-14,21,24H,15H2/t21-/m0/s1. The van der Waals surface area contributed by atoms with Gasteiger partial charge in [-0.3, -0.25) is 4.79 Å². The highest BCUT2D eigenvalue weighted by Gasteiger charge is 2.14. The highest BCUT2D eigenvalue weighted by atomic mass is 16.5. The minimum absolute atomic E-state index is 0.255. The Bertz CT molecular complexity index is 871. The first-order valence-electron chi connectivity index (χ1n) is 8.23. The van der Waals surface area contributed by atoms with Crippen LogP contribution in [0.2, 0.25) is 0 Å². The maximum atomic E-state index is 12.1. The van der Waals surface area contributed by atoms with Crippen molar-refractivity contribution in [2.75, 3.05) is 6.61 Å². The minimum atomic E-state index is -0.763. The van der Waals surface area contributed by atoms with E-state index < -0.39 is 12.1 Å². The van der Waals surface area contributed by atoms with Crippen molar-refractivity contribution in [3.05, 3.63) is 107 Å². The number of ether oxygens (including phenoxy) is 1. The van der Waals surface area contributed by atoms with E-state index in [2.05, 4.69) is 0 Å². The molecule has 1 atom stereocenters. The van der Waals surface area contributed by atoms with E-state index in [0.717, 1.165) is 5.56 Å². The maximum Gasteiger partial charge on any atom is 0.338 e. The molecule has 0 bridgehead atoms. The van der Waals surface area contributed by atoms with Gasteiger partial charge >= 0.3 is 5.97 Å². The average molecular weight is 346 g/mol. The number of aliphatic hydroxyl groups excluding tert-OH is 1. The first-order valence-corrected chi connectivity index (χ1v) is 8.23. The molecule has 4 nitrogen and oxygen atoms in total. The molecule has 3 aromatic carbocycles. The second-order valence-electron chi connectivity index (χ2n) is 5.80. The molecule has 1 N–H and O–H groups in total. The van der Waals surface area contributed by atoms with Crippen LogP contribution in [0.5, 0.6) is 0 Å². The molecule has 0 saturated heterocycles. The summed E-state index contributed by atoms with van der Waals surface area (Å²) in [7, 11) is 0. The van der Waals surface area contributed by atoms with Gasteiger partial charge in [0.25, 0.3) is 0 Å². The van der Waals surface area contributed by atoms with Crippen LogP contribution in [0, 0.1) is 0 Å². The fourth-order valence-electron chi connectivity index (χ4n) is 2.55. The minimum Gasteiger partial charge on any atom is -0.454 e. The molecular weight excluding hydrogens is 328 g/mol. The second-order valence-corrected chi connectivity index (χ2v) is 5.80. The Morgan fingerprint density at radius 3 is 1.88 bits per heavy atom. The number of hydrogen-bond donors (Lipinski definition) is 1. The third-order valence-electron chi connectivity index (χ3n) is 4.01. The van der Waals surface area contributed by atoms with Crippen LogP contribution in [-0.4, -0.2) is 23.5 Å². The smallest absolute Gasteiger partial charge is 0.338 e. The highest BCUT2D eigenvalue weighted by Crippen LogP contribution is 2.22. The highest BCUT2D eigenvalue weighted by molar-refractivity contribution is 5.99. The van der Waals surface area contributed by atoms with Crippen LogP contribution in [-0.2, 0) is 4.74 Å². The van der Waals surface area contributed by atoms with Gasteiger partial charge in [-0.15, -0.1) is 0 Å². The van der Waals surface area contributed by atoms with Gasteiger partial charge in [0.05, 0.1) is 5.56 Å². The Morgan fingerprint density at radius 2 is 1.27 bits per heavy atom. The van der Waals surface area contributed by atoms with Crippen LogP contribution in [0.15, 0.2) is 84.9 Å². The van der Waals surface area contributed by atoms with Crippen LogP contribution < -0.4 is 0 Å². The van der Waals surface area contributed by atoms with Crippen molar-refractivity contribution in [3.63, 3.8) is 0 Å². The lowest BCUT2D eigenvalue weighted by Crippen LogP contribution is -2.14. The van der Waals surface area contributed by atoms with Crippen molar-refractivity contribution in [2.24, 2.45) is 0 Å². The molecular formula is C22H18O4. The molecule has 130 valence electrons. The summed E-state index contributed by atoms with van der Waals surface area (Å²) in [5, 5.41) is 10.4. The van der Waals surface area contributed by atoms with E-state index in [-0.39, 0.29) is 12.4 Å². The Hall–Kier alpha value is -3.24. The Balaban J connectivity index is 1.61. The first-order chi connectivity index (χ1) is 12.6. The van der Waals surface area contributed by atoms with Crippen molar-refractivity contribution in [3.8, 4) is 0 Å². The largest absolute Gasteiger partial charge is 0.454 e. The van der Waals surface area contributed by atoms with E-state index in [0.29, 0.717) is 16.7 Å². The number of rotatable bonds is 6. The molecule has 0 spiro atoms. The van der Waals surface area contributed by atoms with Gasteiger partial charge < -0.3 is 9.84 Å². The number of benzene rings is 3. The SMILES string of the molecule is O=C(COC(=O)c1ccc([C@@H](O)c2ccccc2)cc1)c1ccccc1. The third kappa shape index (κ3) is 4.23. The van der Waals surface area contributed by atoms with E-state index >= 15 is 0 Å². The average Bonchev–Trinajstić information content (AvgIpc) is 2.72. The molecule has 4 heteroatoms. The van der Waals surface area contributed by atoms with Gasteiger partial charge in [-0.25, -0.2) is 4.79 Å². The van der Waals surface area contributed by atoms with Gasteiger partial charge in [0.2, 0.25) is 0 Å². The summed E-state index contributed by atoms with van der Waals surface area (Å²) in [4.78, 5) is 24.1. The van der Waals surface area contributed by atoms with Gasteiger partial charge in [-0.05, 0) is 23.3 Å². The summed E-state index contributed by atoms with van der Waals surface area (Å²) >= 11 is 0. The van der Waals surface area contributed by atoms with E-state index in [1.165, 1.54) is 0 Å². The third-order valence-corrected chi connectivity index (χ3v) is 4.01. The van der Waals surface area contributed by atoms with Crippen molar-refractivity contribution in [1.29, 1.82) is 0 Å². The quantitative estimate of drug-likeness (QED) is 0.544. The van der Waals surface area contributed by atoms with Crippen molar-refractivity contribution >= 4 is 11.8 Å². The van der Waals surface area contributed by atoms with E-state index in [9.17, 15) is 14.7 Å². The molecule has 0 heterocycles. The fourth-order valence-corrected chi connectivity index (χ4v) is 2.55. The van der Waals surface area contributed by atoms with Crippen LogP contribution in [0.25, 0.3) is 0 Å². The molecule has 3 rings (SSSR count). The Morgan fingerprint density at radius 1 is 0.731 bits per heavy atom. The van der Waals surface area contributed by atoms with Gasteiger partial charge in [0.15, 0.2) is 12.4 Å². The Labute approximate surface area is 151 Å². The zero-order chi connectivity index (χ0) is 18.4. The van der Waals surface area contributed by atoms with E-state index in [1.807, 2.05) is 36.4 Å². The zero-order valence-corrected chi connectivity index (χ0v) is 14.0. The van der Waals surface area contributed by atoms with Crippen LogP contribution in [0.1, 0.15) is 37.9 Å². The van der Waals surface area contributed by atoms with Gasteiger partial charge in [0.1, 0.15) is 6.10 Å². The Kier molecular flexibility index (Phi) is 5.56. The molecule has 0 saturated carbocycles. The van der Waals surface area contributed by atoms with Gasteiger partial charge in [0, 0.05) is 5.56 Å². The molecule has 0 amide bonds. The molecule has 0 aliphatic rings. The van der Waals surface area contributed by atoms with E-state index in [1.54, 1.807) is 48.5 Å². The molecule has 0 radical (unpaired) electrons. The number of carbonyl (C=O) groups is 2. The number of Topliss-reactive ketones (excluding diaryl/α,β-unsaturated/α-hetero) is 1. The molecule has 0 aliphatic heterocycles. The number of hydrogen-bond acceptors (Lipinski definition) is 4. The normalized spacial score (nSPS) is 11.6. The maximum absolute atomic E-state index is 12.1. The predicted octanol–water partition coefficient (Wildman–Crippen LogP) is 3.81. The lowest BCUT2D eigenvalue weighted by molar-refractivity contribution is 0.0474. The molecule has 0 aliphatic carbocycles. The van der Waals surface area contributed by atoms with Crippen molar-refractivity contribution in [1.82, 2.24) is 0 Å². The second kappa shape index (κ2) is 8.23. The van der Waals surface area contributed by atoms with Crippen LogP contribution in [0.3, 0.4) is 0 Å². The summed E-state index contributed by atoms with van der Waals surface area (Å²) in [5.74, 6) is -0.829. The number of ketones is 1. The van der Waals surface area contributed by atoms with Gasteiger partial charge in [-0.1, -0.05) is 72.8 Å². The van der Waals surface area contributed by atoms with Crippen LogP contribution in [0.4, 0.5) is 0 Å². The topological polar surface area (TPSA) is 63.6 Å².